The van der Waals surface area contributed by atoms with E-state index in [0.717, 1.165) is 23.9 Å². The summed E-state index contributed by atoms with van der Waals surface area (Å²) in [5.74, 6) is 1.83. The lowest BCUT2D eigenvalue weighted by Crippen LogP contribution is -2.54. The van der Waals surface area contributed by atoms with Crippen LogP contribution >= 0.6 is 0 Å². The Labute approximate surface area is 126 Å². The SMILES string of the molecule is CCC1CCC(NC)C(CN2CCN(CC)C(C)C2)C1. The summed E-state index contributed by atoms with van der Waals surface area (Å²) in [7, 11) is 2.15. The molecule has 4 atom stereocenters. The smallest absolute Gasteiger partial charge is 0.0195 e. The van der Waals surface area contributed by atoms with E-state index < -0.39 is 0 Å². The standard InChI is InChI=1S/C17H35N3/c1-5-15-7-8-17(18-4)16(11-15)13-19-9-10-20(6-2)14(3)12-19/h14-18H,5-13H2,1-4H3. The lowest BCUT2D eigenvalue weighted by Gasteiger charge is -2.43. The van der Waals surface area contributed by atoms with Gasteiger partial charge < -0.3 is 10.2 Å². The second kappa shape index (κ2) is 7.77. The van der Waals surface area contributed by atoms with Gasteiger partial charge in [0.15, 0.2) is 0 Å². The molecule has 1 saturated carbocycles. The lowest BCUT2D eigenvalue weighted by molar-refractivity contribution is 0.0600. The Morgan fingerprint density at radius 1 is 1.15 bits per heavy atom. The first-order valence-electron chi connectivity index (χ1n) is 8.81. The van der Waals surface area contributed by atoms with Crippen LogP contribution in [0.25, 0.3) is 0 Å². The second-order valence-electron chi connectivity index (χ2n) is 6.98. The van der Waals surface area contributed by atoms with Gasteiger partial charge in [0.05, 0.1) is 0 Å². The molecule has 118 valence electrons. The van der Waals surface area contributed by atoms with Crippen LogP contribution in [0.2, 0.25) is 0 Å². The third-order valence-corrected chi connectivity index (χ3v) is 5.79. The maximum atomic E-state index is 3.58. The van der Waals surface area contributed by atoms with Crippen molar-refractivity contribution in [3.63, 3.8) is 0 Å². The van der Waals surface area contributed by atoms with Gasteiger partial charge in [-0.3, -0.25) is 4.90 Å². The Hall–Kier alpha value is -0.120. The van der Waals surface area contributed by atoms with Gasteiger partial charge in [-0.15, -0.1) is 0 Å². The van der Waals surface area contributed by atoms with E-state index in [1.807, 2.05) is 0 Å². The van der Waals surface area contributed by atoms with Gasteiger partial charge in [0, 0.05) is 38.3 Å². The molecule has 1 N–H and O–H groups in total. The minimum atomic E-state index is 0.729. The monoisotopic (exact) mass is 281 g/mol. The largest absolute Gasteiger partial charge is 0.317 e. The van der Waals surface area contributed by atoms with Crippen LogP contribution in [0.15, 0.2) is 0 Å². The number of rotatable bonds is 5. The number of piperazine rings is 1. The van der Waals surface area contributed by atoms with Crippen LogP contribution in [-0.2, 0) is 0 Å². The molecule has 0 radical (unpaired) electrons. The Morgan fingerprint density at radius 2 is 1.95 bits per heavy atom. The third-order valence-electron chi connectivity index (χ3n) is 5.79. The second-order valence-corrected chi connectivity index (χ2v) is 6.98. The molecule has 0 aromatic heterocycles. The molecular weight excluding hydrogens is 246 g/mol. The highest BCUT2D eigenvalue weighted by molar-refractivity contribution is 4.88. The molecule has 0 aromatic carbocycles. The van der Waals surface area contributed by atoms with Gasteiger partial charge in [-0.05, 0) is 51.6 Å². The van der Waals surface area contributed by atoms with E-state index in [1.54, 1.807) is 0 Å². The van der Waals surface area contributed by atoms with Crippen molar-refractivity contribution in [2.75, 3.05) is 39.8 Å². The van der Waals surface area contributed by atoms with Crippen LogP contribution in [0, 0.1) is 11.8 Å². The Balaban J connectivity index is 1.87. The number of hydrogen-bond acceptors (Lipinski definition) is 3. The fourth-order valence-corrected chi connectivity index (χ4v) is 4.35. The highest BCUT2D eigenvalue weighted by atomic mass is 15.3. The maximum absolute atomic E-state index is 3.58. The molecule has 1 aliphatic carbocycles. The zero-order chi connectivity index (χ0) is 14.5. The number of hydrogen-bond donors (Lipinski definition) is 1. The summed E-state index contributed by atoms with van der Waals surface area (Å²) in [5.41, 5.74) is 0. The first-order valence-corrected chi connectivity index (χ1v) is 8.81. The van der Waals surface area contributed by atoms with E-state index in [0.29, 0.717) is 0 Å². The molecule has 1 saturated heterocycles. The summed E-state index contributed by atoms with van der Waals surface area (Å²) in [4.78, 5) is 5.34. The number of likely N-dealkylation sites (N-methyl/N-ethyl adjacent to an activating group) is 1. The van der Waals surface area contributed by atoms with Crippen molar-refractivity contribution >= 4 is 0 Å². The quantitative estimate of drug-likeness (QED) is 0.835. The van der Waals surface area contributed by atoms with E-state index in [9.17, 15) is 0 Å². The molecule has 20 heavy (non-hydrogen) atoms. The Kier molecular flexibility index (Phi) is 6.31. The zero-order valence-electron chi connectivity index (χ0n) is 14.1. The van der Waals surface area contributed by atoms with Crippen molar-refractivity contribution in [3.05, 3.63) is 0 Å². The zero-order valence-corrected chi connectivity index (χ0v) is 14.1. The molecular formula is C17H35N3. The summed E-state index contributed by atoms with van der Waals surface area (Å²) in [5, 5.41) is 3.58. The first-order chi connectivity index (χ1) is 9.67. The van der Waals surface area contributed by atoms with Gasteiger partial charge in [0.2, 0.25) is 0 Å². The summed E-state index contributed by atoms with van der Waals surface area (Å²) in [6.45, 7) is 13.3. The molecule has 2 aliphatic rings. The van der Waals surface area contributed by atoms with Crippen molar-refractivity contribution in [1.82, 2.24) is 15.1 Å². The van der Waals surface area contributed by atoms with Crippen molar-refractivity contribution in [1.29, 1.82) is 0 Å². The third kappa shape index (κ3) is 3.96. The fraction of sp³-hybridized carbons (Fsp3) is 1.00. The minimum Gasteiger partial charge on any atom is -0.317 e. The predicted octanol–water partition coefficient (Wildman–Crippen LogP) is 2.43. The Morgan fingerprint density at radius 3 is 2.55 bits per heavy atom. The van der Waals surface area contributed by atoms with Crippen LogP contribution < -0.4 is 5.32 Å². The van der Waals surface area contributed by atoms with E-state index in [-0.39, 0.29) is 0 Å². The van der Waals surface area contributed by atoms with Crippen LogP contribution in [0.4, 0.5) is 0 Å². The van der Waals surface area contributed by atoms with Crippen LogP contribution in [0.5, 0.6) is 0 Å². The topological polar surface area (TPSA) is 18.5 Å². The molecule has 3 nitrogen and oxygen atoms in total. The normalized spacial score (nSPS) is 37.2. The molecule has 4 unspecified atom stereocenters. The van der Waals surface area contributed by atoms with Crippen molar-refractivity contribution < 1.29 is 0 Å². The van der Waals surface area contributed by atoms with Gasteiger partial charge >= 0.3 is 0 Å². The van der Waals surface area contributed by atoms with Gasteiger partial charge in [0.1, 0.15) is 0 Å². The highest BCUT2D eigenvalue weighted by Gasteiger charge is 2.31. The molecule has 0 aromatic rings. The molecule has 0 spiro atoms. The minimum absolute atomic E-state index is 0.729. The summed E-state index contributed by atoms with van der Waals surface area (Å²) in [6, 6.07) is 1.48. The summed E-state index contributed by atoms with van der Waals surface area (Å²) >= 11 is 0. The Bertz CT molecular complexity index is 281. The van der Waals surface area contributed by atoms with E-state index in [4.69, 9.17) is 0 Å². The molecule has 0 bridgehead atoms. The van der Waals surface area contributed by atoms with Gasteiger partial charge in [-0.2, -0.15) is 0 Å². The predicted molar refractivity (Wildman–Crippen MR) is 87.1 cm³/mol. The fourth-order valence-electron chi connectivity index (χ4n) is 4.35. The van der Waals surface area contributed by atoms with Gasteiger partial charge in [-0.1, -0.05) is 20.3 Å². The summed E-state index contributed by atoms with van der Waals surface area (Å²) < 4.78 is 0. The van der Waals surface area contributed by atoms with Crippen LogP contribution in [0.1, 0.15) is 46.5 Å². The first kappa shape index (κ1) is 16.3. The number of nitrogens with one attached hydrogen (secondary N) is 1. The molecule has 1 heterocycles. The lowest BCUT2D eigenvalue weighted by atomic mass is 9.76. The molecule has 0 amide bonds. The van der Waals surface area contributed by atoms with E-state index in [2.05, 4.69) is 42.9 Å². The molecule has 2 rings (SSSR count). The molecule has 1 aliphatic heterocycles. The van der Waals surface area contributed by atoms with Gasteiger partial charge in [-0.25, -0.2) is 0 Å². The average molecular weight is 281 g/mol. The van der Waals surface area contributed by atoms with Crippen molar-refractivity contribution in [2.45, 2.75) is 58.5 Å². The van der Waals surface area contributed by atoms with E-state index >= 15 is 0 Å². The molecule has 2 fully saturated rings. The maximum Gasteiger partial charge on any atom is 0.0195 e. The van der Waals surface area contributed by atoms with Gasteiger partial charge in [0.25, 0.3) is 0 Å². The van der Waals surface area contributed by atoms with Crippen LogP contribution in [-0.4, -0.2) is 61.7 Å². The average Bonchev–Trinajstić information content (AvgIpc) is 2.47. The van der Waals surface area contributed by atoms with Crippen molar-refractivity contribution in [3.8, 4) is 0 Å². The van der Waals surface area contributed by atoms with Crippen LogP contribution in [0.3, 0.4) is 0 Å². The van der Waals surface area contributed by atoms with E-state index in [1.165, 1.54) is 58.4 Å². The number of nitrogens with zero attached hydrogens (tertiary/aromatic N) is 2. The summed E-state index contributed by atoms with van der Waals surface area (Å²) in [6.07, 6.45) is 5.61. The molecule has 3 heteroatoms. The highest BCUT2D eigenvalue weighted by Crippen LogP contribution is 2.32. The van der Waals surface area contributed by atoms with Crippen molar-refractivity contribution in [2.24, 2.45) is 11.8 Å².